The Kier molecular flexibility index (Phi) is 7.30. The van der Waals surface area contributed by atoms with Crippen LogP contribution in [0.2, 0.25) is 5.02 Å². The first-order chi connectivity index (χ1) is 15.2. The Balaban J connectivity index is 0.000000913. The van der Waals surface area contributed by atoms with E-state index >= 15 is 0 Å². The minimum Gasteiger partial charge on any atom is -0.493 e. The first-order valence-corrected chi connectivity index (χ1v) is 10.6. The first kappa shape index (κ1) is 23.9. The highest BCUT2D eigenvalue weighted by atomic mass is 35.5. The first-order valence-electron chi connectivity index (χ1n) is 10.2. The van der Waals surface area contributed by atoms with Gasteiger partial charge in [0.25, 0.3) is 12.4 Å². The number of rotatable bonds is 4. The number of benzene rings is 1. The number of hydrogen-bond donors (Lipinski definition) is 1. The third-order valence-electron chi connectivity index (χ3n) is 5.88. The Morgan fingerprint density at radius 2 is 2.00 bits per heavy atom. The molecule has 1 amide bonds. The van der Waals surface area contributed by atoms with Crippen molar-refractivity contribution in [3.63, 3.8) is 0 Å². The predicted octanol–water partition coefficient (Wildman–Crippen LogP) is 2.90. The fourth-order valence-corrected chi connectivity index (χ4v) is 4.61. The van der Waals surface area contributed by atoms with E-state index < -0.39 is 5.41 Å². The molecule has 1 atom stereocenters. The molecule has 32 heavy (non-hydrogen) atoms. The van der Waals surface area contributed by atoms with Gasteiger partial charge in [0, 0.05) is 42.5 Å². The van der Waals surface area contributed by atoms with Gasteiger partial charge >= 0.3 is 5.97 Å². The summed E-state index contributed by atoms with van der Waals surface area (Å²) in [6.07, 6.45) is 1.85. The van der Waals surface area contributed by atoms with E-state index in [0.717, 1.165) is 11.9 Å². The smallest absolute Gasteiger partial charge is 0.312 e. The van der Waals surface area contributed by atoms with Crippen molar-refractivity contribution >= 4 is 40.9 Å². The van der Waals surface area contributed by atoms with Gasteiger partial charge in [-0.05, 0) is 39.1 Å². The van der Waals surface area contributed by atoms with E-state index in [9.17, 15) is 9.59 Å². The number of halogens is 1. The molecule has 2 aliphatic rings. The lowest BCUT2D eigenvalue weighted by Gasteiger charge is -2.36. The second kappa shape index (κ2) is 9.79. The molecule has 9 nitrogen and oxygen atoms in total. The van der Waals surface area contributed by atoms with Crippen LogP contribution in [0.4, 0.5) is 0 Å². The van der Waals surface area contributed by atoms with Gasteiger partial charge in [-0.1, -0.05) is 11.6 Å². The SMILES string of the molecule is COc1cc(Cl)cc2cc(C(=O)N3CCC4(CC3)CC(CN(C)C)OC4=O)oc12.O=CO. The molecule has 0 bridgehead atoms. The summed E-state index contributed by atoms with van der Waals surface area (Å²) >= 11 is 6.10. The fraction of sp³-hybridized carbons (Fsp3) is 0.500. The summed E-state index contributed by atoms with van der Waals surface area (Å²) < 4.78 is 16.7. The van der Waals surface area contributed by atoms with Crippen LogP contribution in [0.1, 0.15) is 29.8 Å². The van der Waals surface area contributed by atoms with E-state index in [-0.39, 0.29) is 30.2 Å². The number of carbonyl (C=O) groups is 3. The molecule has 0 aliphatic carbocycles. The van der Waals surface area contributed by atoms with Crippen LogP contribution in [0.5, 0.6) is 5.75 Å². The Morgan fingerprint density at radius 1 is 1.34 bits per heavy atom. The number of piperidine rings is 1. The third kappa shape index (κ3) is 4.83. The molecule has 0 saturated carbocycles. The lowest BCUT2D eigenvalue weighted by Crippen LogP contribution is -2.45. The number of furan rings is 1. The van der Waals surface area contributed by atoms with Crippen LogP contribution in [-0.2, 0) is 14.3 Å². The van der Waals surface area contributed by atoms with Crippen molar-refractivity contribution in [1.29, 1.82) is 0 Å². The summed E-state index contributed by atoms with van der Waals surface area (Å²) in [7, 11) is 5.47. The summed E-state index contributed by atoms with van der Waals surface area (Å²) in [6, 6.07) is 5.08. The van der Waals surface area contributed by atoms with Gasteiger partial charge in [-0.2, -0.15) is 0 Å². The van der Waals surface area contributed by atoms with Gasteiger partial charge in [0.05, 0.1) is 12.5 Å². The number of nitrogens with zero attached hydrogens (tertiary/aromatic N) is 2. The lowest BCUT2D eigenvalue weighted by molar-refractivity contribution is -0.150. The number of carboxylic acid groups (broad SMARTS) is 1. The van der Waals surface area contributed by atoms with Gasteiger partial charge in [0.15, 0.2) is 17.1 Å². The second-order valence-corrected chi connectivity index (χ2v) is 8.75. The van der Waals surface area contributed by atoms with Gasteiger partial charge in [-0.25, -0.2) is 0 Å². The Hall–Kier alpha value is -2.78. The number of cyclic esters (lactones) is 1. The fourth-order valence-electron chi connectivity index (χ4n) is 4.39. The van der Waals surface area contributed by atoms with Gasteiger partial charge in [0.1, 0.15) is 6.10 Å². The van der Waals surface area contributed by atoms with Crippen molar-refractivity contribution in [2.75, 3.05) is 40.8 Å². The van der Waals surface area contributed by atoms with Crippen LogP contribution in [-0.4, -0.2) is 80.2 Å². The van der Waals surface area contributed by atoms with E-state index in [1.165, 1.54) is 7.11 Å². The summed E-state index contributed by atoms with van der Waals surface area (Å²) in [5.74, 6) is 0.422. The number of methoxy groups -OCH3 is 1. The van der Waals surface area contributed by atoms with Crippen molar-refractivity contribution < 1.29 is 33.4 Å². The van der Waals surface area contributed by atoms with Crippen LogP contribution < -0.4 is 4.74 Å². The number of carbonyl (C=O) groups excluding carboxylic acids is 2. The molecule has 1 N–H and O–H groups in total. The average molecular weight is 467 g/mol. The van der Waals surface area contributed by atoms with Crippen molar-refractivity contribution in [1.82, 2.24) is 9.80 Å². The molecule has 3 heterocycles. The van der Waals surface area contributed by atoms with Crippen LogP contribution in [0.25, 0.3) is 11.0 Å². The monoisotopic (exact) mass is 466 g/mol. The van der Waals surface area contributed by atoms with E-state index in [4.69, 9.17) is 35.4 Å². The molecule has 1 spiro atoms. The molecule has 2 aromatic rings. The molecule has 4 rings (SSSR count). The molecule has 1 aromatic heterocycles. The molecule has 2 aliphatic heterocycles. The van der Waals surface area contributed by atoms with Crippen LogP contribution in [0.15, 0.2) is 22.6 Å². The maximum atomic E-state index is 13.0. The molecular weight excluding hydrogens is 440 g/mol. The number of ether oxygens (including phenoxy) is 2. The zero-order chi connectivity index (χ0) is 23.5. The van der Waals surface area contributed by atoms with Crippen molar-refractivity contribution in [2.45, 2.75) is 25.4 Å². The highest BCUT2D eigenvalue weighted by Gasteiger charge is 2.51. The van der Waals surface area contributed by atoms with Crippen molar-refractivity contribution in [2.24, 2.45) is 5.41 Å². The zero-order valence-corrected chi connectivity index (χ0v) is 19.1. The number of esters is 1. The van der Waals surface area contributed by atoms with Crippen LogP contribution in [0, 0.1) is 5.41 Å². The molecule has 2 fully saturated rings. The quantitative estimate of drug-likeness (QED) is 0.541. The molecule has 174 valence electrons. The molecule has 0 radical (unpaired) electrons. The summed E-state index contributed by atoms with van der Waals surface area (Å²) in [5.41, 5.74) is 0.0295. The minimum atomic E-state index is -0.470. The van der Waals surface area contributed by atoms with Crippen LogP contribution in [0.3, 0.4) is 0 Å². The lowest BCUT2D eigenvalue weighted by atomic mass is 9.76. The van der Waals surface area contributed by atoms with Gasteiger partial charge in [0.2, 0.25) is 0 Å². The Labute approximate surface area is 190 Å². The van der Waals surface area contributed by atoms with Gasteiger partial charge < -0.3 is 28.8 Å². The maximum Gasteiger partial charge on any atom is 0.312 e. The van der Waals surface area contributed by atoms with E-state index in [1.54, 1.807) is 23.1 Å². The Bertz CT molecular complexity index is 996. The zero-order valence-electron chi connectivity index (χ0n) is 18.3. The normalized spacial score (nSPS) is 19.6. The largest absolute Gasteiger partial charge is 0.493 e. The number of fused-ring (bicyclic) bond motifs is 1. The Morgan fingerprint density at radius 3 is 2.59 bits per heavy atom. The van der Waals surface area contributed by atoms with Crippen molar-refractivity contribution in [3.05, 3.63) is 29.0 Å². The molecule has 1 aromatic carbocycles. The molecular formula is C22H27ClN2O7. The maximum absolute atomic E-state index is 13.0. The molecule has 2 saturated heterocycles. The van der Waals surface area contributed by atoms with E-state index in [0.29, 0.717) is 48.7 Å². The molecule has 10 heteroatoms. The van der Waals surface area contributed by atoms with Crippen LogP contribution >= 0.6 is 11.6 Å². The number of amides is 1. The number of likely N-dealkylation sites (tertiary alicyclic amines) is 1. The standard InChI is InChI=1S/C21H25ClN2O5.CH2O2/c1-23(2)12-15-11-21(20(26)28-15)4-6-24(7-5-21)19(25)17-9-13-8-14(22)10-16(27-3)18(13)29-17;2-1-3/h8-10,15H,4-7,11-12H2,1-3H3;1H,(H,2,3). The number of likely N-dealkylation sites (N-methyl/N-ethyl adjacent to an activating group) is 1. The predicted molar refractivity (Wildman–Crippen MR) is 117 cm³/mol. The summed E-state index contributed by atoms with van der Waals surface area (Å²) in [6.45, 7) is 1.47. The van der Waals surface area contributed by atoms with Gasteiger partial charge in [-0.15, -0.1) is 0 Å². The summed E-state index contributed by atoms with van der Waals surface area (Å²) in [5, 5.41) is 8.12. The molecule has 1 unspecified atom stereocenters. The van der Waals surface area contributed by atoms with Gasteiger partial charge in [-0.3, -0.25) is 14.4 Å². The van der Waals surface area contributed by atoms with E-state index in [1.807, 2.05) is 19.0 Å². The highest BCUT2D eigenvalue weighted by Crippen LogP contribution is 2.43. The minimum absolute atomic E-state index is 0.0765. The summed E-state index contributed by atoms with van der Waals surface area (Å²) in [4.78, 5) is 37.6. The average Bonchev–Trinajstić information content (AvgIpc) is 3.28. The highest BCUT2D eigenvalue weighted by molar-refractivity contribution is 6.31. The van der Waals surface area contributed by atoms with Crippen molar-refractivity contribution in [3.8, 4) is 5.75 Å². The topological polar surface area (TPSA) is 110 Å². The van der Waals surface area contributed by atoms with E-state index in [2.05, 4.69) is 0 Å². The third-order valence-corrected chi connectivity index (χ3v) is 6.10. The second-order valence-electron chi connectivity index (χ2n) is 8.31. The number of hydrogen-bond acceptors (Lipinski definition) is 7.